The van der Waals surface area contributed by atoms with Crippen molar-refractivity contribution < 1.29 is 9.47 Å². The first kappa shape index (κ1) is 10.4. The van der Waals surface area contributed by atoms with Gasteiger partial charge in [-0.15, -0.1) is 0 Å². The maximum Gasteiger partial charge on any atom is 0.0950 e. The Bertz CT molecular complexity index is 122. The molecule has 0 radical (unpaired) electrons. The molecule has 1 unspecified atom stereocenters. The summed E-state index contributed by atoms with van der Waals surface area (Å²) in [5.41, 5.74) is 5.32. The Hall–Kier alpha value is -0.630. The predicted octanol–water partition coefficient (Wildman–Crippen LogP) is -0.110. The van der Waals surface area contributed by atoms with Crippen LogP contribution in [0.5, 0.6) is 0 Å². The zero-order valence-electron chi connectivity index (χ0n) is 6.75. The molecule has 0 aliphatic rings. The third-order valence-corrected chi connectivity index (χ3v) is 1.17. The van der Waals surface area contributed by atoms with Gasteiger partial charge in [-0.1, -0.05) is 0 Å². The second-order valence-corrected chi connectivity index (χ2v) is 2.13. The van der Waals surface area contributed by atoms with Crippen LogP contribution in [0.4, 0.5) is 0 Å². The molecule has 0 saturated heterocycles. The molecule has 0 amide bonds. The van der Waals surface area contributed by atoms with Gasteiger partial charge >= 0.3 is 0 Å². The van der Waals surface area contributed by atoms with Gasteiger partial charge in [-0.25, -0.2) is 0 Å². The van der Waals surface area contributed by atoms with Crippen molar-refractivity contribution in [2.45, 2.75) is 12.5 Å². The first-order chi connectivity index (χ1) is 5.31. The second-order valence-electron chi connectivity index (χ2n) is 2.13. The van der Waals surface area contributed by atoms with Crippen LogP contribution in [0.2, 0.25) is 0 Å². The van der Waals surface area contributed by atoms with E-state index in [0.717, 1.165) is 0 Å². The van der Waals surface area contributed by atoms with Crippen molar-refractivity contribution in [1.82, 2.24) is 0 Å². The van der Waals surface area contributed by atoms with Crippen molar-refractivity contribution in [2.75, 3.05) is 26.9 Å². The fourth-order valence-corrected chi connectivity index (χ4v) is 0.519. The summed E-state index contributed by atoms with van der Waals surface area (Å²) in [6.45, 7) is 1.68. The van der Waals surface area contributed by atoms with Crippen molar-refractivity contribution in [3.63, 3.8) is 0 Å². The molecule has 4 heteroatoms. The minimum atomic E-state index is -0.405. The van der Waals surface area contributed by atoms with Gasteiger partial charge in [0.1, 0.15) is 0 Å². The normalized spacial score (nSPS) is 12.5. The lowest BCUT2D eigenvalue weighted by molar-refractivity contribution is 0.0687. The van der Waals surface area contributed by atoms with Gasteiger partial charge in [0, 0.05) is 13.7 Å². The third kappa shape index (κ3) is 7.26. The van der Waals surface area contributed by atoms with E-state index in [9.17, 15) is 0 Å². The first-order valence-electron chi connectivity index (χ1n) is 3.53. The lowest BCUT2D eigenvalue weighted by Gasteiger charge is -2.03. The molecule has 4 nitrogen and oxygen atoms in total. The van der Waals surface area contributed by atoms with Gasteiger partial charge in [-0.3, -0.25) is 0 Å². The molecule has 0 rings (SSSR count). The van der Waals surface area contributed by atoms with Gasteiger partial charge in [0.05, 0.1) is 25.3 Å². The smallest absolute Gasteiger partial charge is 0.0950 e. The minimum Gasteiger partial charge on any atom is -0.382 e. The van der Waals surface area contributed by atoms with Crippen LogP contribution >= 0.6 is 0 Å². The molecule has 0 spiro atoms. The Balaban J connectivity index is 2.97. The largest absolute Gasteiger partial charge is 0.382 e. The van der Waals surface area contributed by atoms with Crippen LogP contribution in [-0.2, 0) is 9.47 Å². The van der Waals surface area contributed by atoms with Gasteiger partial charge in [-0.05, 0) is 6.42 Å². The number of methoxy groups -OCH3 is 1. The van der Waals surface area contributed by atoms with Crippen molar-refractivity contribution in [2.24, 2.45) is 5.73 Å². The van der Waals surface area contributed by atoms with Gasteiger partial charge in [-0.2, -0.15) is 5.26 Å². The number of nitriles is 1. The SMILES string of the molecule is COCCOCCC(N)C#N. The fourth-order valence-electron chi connectivity index (χ4n) is 0.519. The number of hydrogen-bond donors (Lipinski definition) is 1. The summed E-state index contributed by atoms with van der Waals surface area (Å²) >= 11 is 0. The summed E-state index contributed by atoms with van der Waals surface area (Å²) in [5, 5.41) is 8.28. The van der Waals surface area contributed by atoms with Crippen molar-refractivity contribution >= 4 is 0 Å². The molecule has 0 saturated carbocycles. The molecule has 0 aromatic rings. The fraction of sp³-hybridized carbons (Fsp3) is 0.857. The molecule has 0 aromatic carbocycles. The Morgan fingerprint density at radius 2 is 2.18 bits per heavy atom. The molecular weight excluding hydrogens is 144 g/mol. The average molecular weight is 158 g/mol. The molecule has 0 aliphatic heterocycles. The molecule has 1 atom stereocenters. The molecule has 0 aromatic heterocycles. The van der Waals surface area contributed by atoms with E-state index in [1.165, 1.54) is 0 Å². The van der Waals surface area contributed by atoms with Crippen LogP contribution in [0.1, 0.15) is 6.42 Å². The molecular formula is C7H14N2O2. The number of rotatable bonds is 6. The van der Waals surface area contributed by atoms with Gasteiger partial charge in [0.15, 0.2) is 0 Å². The third-order valence-electron chi connectivity index (χ3n) is 1.17. The van der Waals surface area contributed by atoms with Crippen LogP contribution in [-0.4, -0.2) is 33.0 Å². The second kappa shape index (κ2) is 7.48. The first-order valence-corrected chi connectivity index (χ1v) is 3.53. The standard InChI is InChI=1S/C7H14N2O2/c1-10-4-5-11-3-2-7(9)6-8/h7H,2-5,9H2,1H3. The molecule has 64 valence electrons. The zero-order valence-corrected chi connectivity index (χ0v) is 6.75. The van der Waals surface area contributed by atoms with E-state index in [4.69, 9.17) is 20.5 Å². The summed E-state index contributed by atoms with van der Waals surface area (Å²) in [6, 6.07) is 1.52. The topological polar surface area (TPSA) is 68.3 Å². The monoisotopic (exact) mass is 158 g/mol. The number of hydrogen-bond acceptors (Lipinski definition) is 4. The maximum absolute atomic E-state index is 8.28. The van der Waals surface area contributed by atoms with E-state index in [1.54, 1.807) is 7.11 Å². The van der Waals surface area contributed by atoms with Crippen molar-refractivity contribution in [3.8, 4) is 6.07 Å². The zero-order chi connectivity index (χ0) is 8.53. The van der Waals surface area contributed by atoms with E-state index in [0.29, 0.717) is 26.2 Å². The molecule has 0 fully saturated rings. The molecule has 2 N–H and O–H groups in total. The average Bonchev–Trinajstić information content (AvgIpc) is 2.04. The highest BCUT2D eigenvalue weighted by Gasteiger charge is 1.97. The van der Waals surface area contributed by atoms with Crippen molar-refractivity contribution in [1.29, 1.82) is 5.26 Å². The van der Waals surface area contributed by atoms with Crippen molar-refractivity contribution in [3.05, 3.63) is 0 Å². The van der Waals surface area contributed by atoms with Gasteiger partial charge < -0.3 is 15.2 Å². The van der Waals surface area contributed by atoms with E-state index in [-0.39, 0.29) is 0 Å². The Morgan fingerprint density at radius 3 is 2.73 bits per heavy atom. The van der Waals surface area contributed by atoms with Crippen LogP contribution in [0.15, 0.2) is 0 Å². The molecule has 0 heterocycles. The van der Waals surface area contributed by atoms with E-state index < -0.39 is 6.04 Å². The van der Waals surface area contributed by atoms with Crippen LogP contribution < -0.4 is 5.73 Å². The number of ether oxygens (including phenoxy) is 2. The summed E-state index contributed by atoms with van der Waals surface area (Å²) in [6.07, 6.45) is 0.584. The molecule has 11 heavy (non-hydrogen) atoms. The minimum absolute atomic E-state index is 0.405. The highest BCUT2D eigenvalue weighted by molar-refractivity contribution is 4.85. The van der Waals surface area contributed by atoms with Crippen LogP contribution in [0, 0.1) is 11.3 Å². The summed E-state index contributed by atoms with van der Waals surface area (Å²) < 4.78 is 9.84. The quantitative estimate of drug-likeness (QED) is 0.548. The maximum atomic E-state index is 8.28. The number of nitrogens with zero attached hydrogens (tertiary/aromatic N) is 1. The van der Waals surface area contributed by atoms with E-state index in [1.807, 2.05) is 6.07 Å². The summed E-state index contributed by atoms with van der Waals surface area (Å²) in [5.74, 6) is 0. The molecule has 0 bridgehead atoms. The summed E-state index contributed by atoms with van der Waals surface area (Å²) in [7, 11) is 1.62. The van der Waals surface area contributed by atoms with Gasteiger partial charge in [0.25, 0.3) is 0 Å². The van der Waals surface area contributed by atoms with Crippen LogP contribution in [0.25, 0.3) is 0 Å². The molecule has 0 aliphatic carbocycles. The lowest BCUT2D eigenvalue weighted by Crippen LogP contribution is -2.19. The van der Waals surface area contributed by atoms with E-state index >= 15 is 0 Å². The Labute approximate surface area is 66.9 Å². The highest BCUT2D eigenvalue weighted by Crippen LogP contribution is 1.87. The lowest BCUT2D eigenvalue weighted by atomic mass is 10.3. The van der Waals surface area contributed by atoms with Gasteiger partial charge in [0.2, 0.25) is 0 Å². The summed E-state index contributed by atoms with van der Waals surface area (Å²) in [4.78, 5) is 0. The Morgan fingerprint density at radius 1 is 1.45 bits per heavy atom. The Kier molecular flexibility index (Phi) is 7.05. The highest BCUT2D eigenvalue weighted by atomic mass is 16.5. The number of nitrogens with two attached hydrogens (primary N) is 1. The van der Waals surface area contributed by atoms with Crippen LogP contribution in [0.3, 0.4) is 0 Å². The van der Waals surface area contributed by atoms with E-state index in [2.05, 4.69) is 0 Å². The predicted molar refractivity (Wildman–Crippen MR) is 40.9 cm³/mol.